The Bertz CT molecular complexity index is 1470. The lowest BCUT2D eigenvalue weighted by atomic mass is 9.97. The lowest BCUT2D eigenvalue weighted by Gasteiger charge is -2.24. The van der Waals surface area contributed by atoms with Crippen molar-refractivity contribution >= 4 is 44.8 Å². The predicted octanol–water partition coefficient (Wildman–Crippen LogP) is 6.79. The number of nitrogens with one attached hydrogen (secondary N) is 1. The molecule has 4 rings (SSSR count). The number of halogens is 2. The molecule has 0 saturated heterocycles. The van der Waals surface area contributed by atoms with E-state index >= 15 is 0 Å². The van der Waals surface area contributed by atoms with E-state index in [0.717, 1.165) is 22.9 Å². The Hall–Kier alpha value is -3.32. The maximum Gasteiger partial charge on any atom is 0.252 e. The normalized spacial score (nSPS) is 12.1. The summed E-state index contributed by atoms with van der Waals surface area (Å²) in [6.45, 7) is 1.98. The van der Waals surface area contributed by atoms with Gasteiger partial charge in [-0.05, 0) is 54.4 Å². The molecular formula is C29H26Cl2N2O3S. The number of hydrogen-bond acceptors (Lipinski definition) is 3. The SMILES string of the molecule is Cc1ccc([C@H](NC(=O)c2ccc(N(Cc3c(Cl)cccc3Cl)S(C)(=O)=O)cc2)c2ccccc2)cc1. The average molecular weight is 554 g/mol. The van der Waals surface area contributed by atoms with Crippen LogP contribution in [0.15, 0.2) is 97.1 Å². The van der Waals surface area contributed by atoms with Gasteiger partial charge in [0.05, 0.1) is 24.5 Å². The molecule has 4 aromatic rings. The third kappa shape index (κ3) is 6.52. The number of carbonyl (C=O) groups is 1. The molecule has 1 N–H and O–H groups in total. The fourth-order valence-electron chi connectivity index (χ4n) is 3.98. The van der Waals surface area contributed by atoms with Gasteiger partial charge in [-0.2, -0.15) is 0 Å². The Morgan fingerprint density at radius 3 is 1.95 bits per heavy atom. The fourth-order valence-corrected chi connectivity index (χ4v) is 5.37. The molecule has 0 aliphatic rings. The number of aryl methyl sites for hydroxylation is 1. The van der Waals surface area contributed by atoms with E-state index in [1.54, 1.807) is 42.5 Å². The molecule has 0 bridgehead atoms. The highest BCUT2D eigenvalue weighted by Gasteiger charge is 2.22. The molecule has 5 nitrogen and oxygen atoms in total. The molecule has 4 aromatic carbocycles. The number of hydrogen-bond donors (Lipinski definition) is 1. The quantitative estimate of drug-likeness (QED) is 0.261. The van der Waals surface area contributed by atoms with Crippen LogP contribution in [0.3, 0.4) is 0 Å². The van der Waals surface area contributed by atoms with Gasteiger partial charge in [-0.25, -0.2) is 8.42 Å². The first-order chi connectivity index (χ1) is 17.6. The van der Waals surface area contributed by atoms with Crippen molar-refractivity contribution in [3.63, 3.8) is 0 Å². The first-order valence-corrected chi connectivity index (χ1v) is 14.2. The van der Waals surface area contributed by atoms with Crippen LogP contribution < -0.4 is 9.62 Å². The Kier molecular flexibility index (Phi) is 8.22. The minimum absolute atomic E-state index is 0.0353. The molecule has 190 valence electrons. The van der Waals surface area contributed by atoms with E-state index in [2.05, 4.69) is 5.32 Å². The summed E-state index contributed by atoms with van der Waals surface area (Å²) in [5, 5.41) is 3.86. The van der Waals surface area contributed by atoms with Gasteiger partial charge >= 0.3 is 0 Å². The third-order valence-corrected chi connectivity index (χ3v) is 7.85. The lowest BCUT2D eigenvalue weighted by Crippen LogP contribution is -2.30. The number of benzene rings is 4. The van der Waals surface area contributed by atoms with Crippen LogP contribution in [-0.2, 0) is 16.6 Å². The number of sulfonamides is 1. The molecule has 1 atom stereocenters. The minimum Gasteiger partial charge on any atom is -0.341 e. The van der Waals surface area contributed by atoms with Gasteiger partial charge in [-0.1, -0.05) is 89.4 Å². The lowest BCUT2D eigenvalue weighted by molar-refractivity contribution is 0.0943. The summed E-state index contributed by atoms with van der Waals surface area (Å²) in [5.41, 5.74) is 4.35. The summed E-state index contributed by atoms with van der Waals surface area (Å²) in [4.78, 5) is 13.2. The van der Waals surface area contributed by atoms with Crippen molar-refractivity contribution < 1.29 is 13.2 Å². The summed E-state index contributed by atoms with van der Waals surface area (Å²) in [7, 11) is -3.66. The van der Waals surface area contributed by atoms with Crippen LogP contribution in [0.25, 0.3) is 0 Å². The fraction of sp³-hybridized carbons (Fsp3) is 0.138. The maximum absolute atomic E-state index is 13.2. The van der Waals surface area contributed by atoms with Crippen molar-refractivity contribution in [1.82, 2.24) is 5.32 Å². The van der Waals surface area contributed by atoms with Gasteiger partial charge in [0.2, 0.25) is 10.0 Å². The highest BCUT2D eigenvalue weighted by molar-refractivity contribution is 7.92. The van der Waals surface area contributed by atoms with E-state index in [4.69, 9.17) is 23.2 Å². The highest BCUT2D eigenvalue weighted by Crippen LogP contribution is 2.30. The third-order valence-electron chi connectivity index (χ3n) is 6.00. The molecule has 0 spiro atoms. The Morgan fingerprint density at radius 1 is 0.811 bits per heavy atom. The summed E-state index contributed by atoms with van der Waals surface area (Å²) in [6.07, 6.45) is 1.12. The number of anilines is 1. The smallest absolute Gasteiger partial charge is 0.252 e. The van der Waals surface area contributed by atoms with Crippen molar-refractivity contribution in [1.29, 1.82) is 0 Å². The number of amides is 1. The molecule has 8 heteroatoms. The summed E-state index contributed by atoms with van der Waals surface area (Å²) < 4.78 is 26.5. The molecule has 1 amide bonds. The molecule has 0 aromatic heterocycles. The van der Waals surface area contributed by atoms with Crippen LogP contribution in [0.1, 0.15) is 38.7 Å². The van der Waals surface area contributed by atoms with Gasteiger partial charge < -0.3 is 5.32 Å². The topological polar surface area (TPSA) is 66.5 Å². The highest BCUT2D eigenvalue weighted by atomic mass is 35.5. The summed E-state index contributed by atoms with van der Waals surface area (Å²) in [6, 6.07) is 28.8. The van der Waals surface area contributed by atoms with Crippen LogP contribution in [0, 0.1) is 6.92 Å². The van der Waals surface area contributed by atoms with Crippen molar-refractivity contribution in [2.75, 3.05) is 10.6 Å². The molecule has 0 fully saturated rings. The second-order valence-electron chi connectivity index (χ2n) is 8.74. The number of rotatable bonds is 8. The Labute approximate surface area is 227 Å². The summed E-state index contributed by atoms with van der Waals surface area (Å²) in [5.74, 6) is -0.277. The molecule has 0 heterocycles. The summed E-state index contributed by atoms with van der Waals surface area (Å²) >= 11 is 12.6. The van der Waals surface area contributed by atoms with Crippen LogP contribution in [0.4, 0.5) is 5.69 Å². The Morgan fingerprint density at radius 2 is 1.38 bits per heavy atom. The molecular weight excluding hydrogens is 527 g/mol. The number of nitrogens with zero attached hydrogens (tertiary/aromatic N) is 1. The first-order valence-electron chi connectivity index (χ1n) is 11.6. The van der Waals surface area contributed by atoms with Crippen molar-refractivity contribution in [3.8, 4) is 0 Å². The van der Waals surface area contributed by atoms with Crippen LogP contribution >= 0.6 is 23.2 Å². The molecule has 0 radical (unpaired) electrons. The zero-order chi connectivity index (χ0) is 26.6. The van der Waals surface area contributed by atoms with Crippen LogP contribution in [-0.4, -0.2) is 20.6 Å². The maximum atomic E-state index is 13.2. The zero-order valence-corrected chi connectivity index (χ0v) is 22.7. The van der Waals surface area contributed by atoms with Gasteiger partial charge in [-0.15, -0.1) is 0 Å². The monoisotopic (exact) mass is 552 g/mol. The van der Waals surface area contributed by atoms with E-state index in [0.29, 0.717) is 26.9 Å². The van der Waals surface area contributed by atoms with Gasteiger partial charge in [0.15, 0.2) is 0 Å². The molecule has 0 saturated carbocycles. The molecule has 0 unspecified atom stereocenters. The van der Waals surface area contributed by atoms with Gasteiger partial charge in [0.25, 0.3) is 5.91 Å². The van der Waals surface area contributed by atoms with Gasteiger partial charge in [0.1, 0.15) is 0 Å². The van der Waals surface area contributed by atoms with Crippen LogP contribution in [0.2, 0.25) is 10.0 Å². The Balaban J connectivity index is 1.60. The van der Waals surface area contributed by atoms with Crippen LogP contribution in [0.5, 0.6) is 0 Å². The van der Waals surface area contributed by atoms with E-state index in [9.17, 15) is 13.2 Å². The van der Waals surface area contributed by atoms with Gasteiger partial charge in [-0.3, -0.25) is 9.10 Å². The second-order valence-corrected chi connectivity index (χ2v) is 11.5. The van der Waals surface area contributed by atoms with E-state index in [-0.39, 0.29) is 18.5 Å². The molecule has 0 aliphatic carbocycles. The van der Waals surface area contributed by atoms with Crippen molar-refractivity contribution in [2.45, 2.75) is 19.5 Å². The molecule has 37 heavy (non-hydrogen) atoms. The predicted molar refractivity (Wildman–Crippen MR) is 151 cm³/mol. The minimum atomic E-state index is -3.66. The van der Waals surface area contributed by atoms with E-state index < -0.39 is 10.0 Å². The standard InChI is InChI=1S/C29H26Cl2N2O3S/c1-20-11-13-22(14-12-20)28(21-7-4-3-5-8-21)32-29(34)23-15-17-24(18-16-23)33(37(2,35)36)19-25-26(30)9-6-10-27(25)31/h3-18,28H,19H2,1-2H3,(H,32,34)/t28-/m1/s1. The van der Waals surface area contributed by atoms with Crippen molar-refractivity contribution in [2.24, 2.45) is 0 Å². The number of carbonyl (C=O) groups excluding carboxylic acids is 1. The molecule has 0 aliphatic heterocycles. The van der Waals surface area contributed by atoms with Crippen molar-refractivity contribution in [3.05, 3.63) is 135 Å². The van der Waals surface area contributed by atoms with E-state index in [1.807, 2.05) is 61.5 Å². The average Bonchev–Trinajstić information content (AvgIpc) is 2.87. The second kappa shape index (κ2) is 11.4. The van der Waals surface area contributed by atoms with E-state index in [1.165, 1.54) is 4.31 Å². The first kappa shape index (κ1) is 26.7. The van der Waals surface area contributed by atoms with Gasteiger partial charge in [0, 0.05) is 21.2 Å². The largest absolute Gasteiger partial charge is 0.341 e. The zero-order valence-electron chi connectivity index (χ0n) is 20.4.